The van der Waals surface area contributed by atoms with Crippen LogP contribution in [0.3, 0.4) is 0 Å². The number of rotatable bonds is 4. The van der Waals surface area contributed by atoms with Crippen LogP contribution in [0.25, 0.3) is 0 Å². The van der Waals surface area contributed by atoms with E-state index < -0.39 is 6.43 Å². The monoisotopic (exact) mass is 513 g/mol. The Labute approximate surface area is 216 Å². The minimum atomic E-state index is -2.55. The maximum Gasteiger partial charge on any atom is 0.289 e. The van der Waals surface area contributed by atoms with E-state index in [1.165, 1.54) is 37.7 Å². The van der Waals surface area contributed by atoms with Gasteiger partial charge in [-0.3, -0.25) is 4.79 Å². The van der Waals surface area contributed by atoms with Crippen LogP contribution >= 0.6 is 11.3 Å². The van der Waals surface area contributed by atoms with E-state index in [2.05, 4.69) is 45.5 Å². The Morgan fingerprint density at radius 3 is 2.69 bits per heavy atom. The predicted molar refractivity (Wildman–Crippen MR) is 139 cm³/mol. The first-order valence-electron chi connectivity index (χ1n) is 13.9. The molecule has 1 aromatic heterocycles. The van der Waals surface area contributed by atoms with Crippen molar-refractivity contribution in [2.24, 2.45) is 11.8 Å². The number of halogens is 2. The van der Waals surface area contributed by atoms with Gasteiger partial charge in [0, 0.05) is 36.0 Å². The third kappa shape index (κ3) is 4.30. The molecule has 2 aliphatic carbocycles. The average Bonchev–Trinajstić information content (AvgIpc) is 3.55. The van der Waals surface area contributed by atoms with Gasteiger partial charge in [-0.15, -0.1) is 11.3 Å². The molecule has 194 valence electrons. The zero-order chi connectivity index (χ0) is 24.7. The summed E-state index contributed by atoms with van der Waals surface area (Å²) < 4.78 is 27.1. The summed E-state index contributed by atoms with van der Waals surface area (Å²) in [6.45, 7) is 2.12. The van der Waals surface area contributed by atoms with E-state index in [0.29, 0.717) is 24.9 Å². The predicted octanol–water partition coefficient (Wildman–Crippen LogP) is 6.23. The molecule has 4 atom stereocenters. The third-order valence-electron chi connectivity index (χ3n) is 9.54. The van der Waals surface area contributed by atoms with Crippen LogP contribution < -0.4 is 5.32 Å². The number of piperidine rings is 1. The summed E-state index contributed by atoms with van der Waals surface area (Å²) in [5.41, 5.74) is 1.82. The Hall–Kier alpha value is -1.86. The molecule has 4 nitrogen and oxygen atoms in total. The Balaban J connectivity index is 1.30. The van der Waals surface area contributed by atoms with Gasteiger partial charge >= 0.3 is 0 Å². The summed E-state index contributed by atoms with van der Waals surface area (Å²) in [4.78, 5) is 22.0. The highest BCUT2D eigenvalue weighted by atomic mass is 32.1. The average molecular weight is 514 g/mol. The molecule has 1 spiro atoms. The van der Waals surface area contributed by atoms with E-state index in [-0.39, 0.29) is 28.3 Å². The molecule has 36 heavy (non-hydrogen) atoms. The molecule has 4 aliphatic rings. The van der Waals surface area contributed by atoms with E-state index in [1.807, 2.05) is 0 Å². The van der Waals surface area contributed by atoms with Crippen LogP contribution in [-0.4, -0.2) is 41.5 Å². The smallest absolute Gasteiger partial charge is 0.289 e. The van der Waals surface area contributed by atoms with Gasteiger partial charge in [0.15, 0.2) is 5.01 Å². The number of carbonyl (C=O) groups is 1. The first-order valence-corrected chi connectivity index (χ1v) is 14.7. The van der Waals surface area contributed by atoms with Crippen molar-refractivity contribution in [3.05, 3.63) is 51.5 Å². The SMILES string of the molecule is O=C([C@@H]1CNC[C@]12CCCc1nc(C(F)F)sc12)N1CC[C@@H](c2ccccc2)C[C@H]1C1CCCCC1. The third-order valence-corrected chi connectivity index (χ3v) is 10.9. The highest BCUT2D eigenvalue weighted by Crippen LogP contribution is 2.50. The van der Waals surface area contributed by atoms with Crippen molar-refractivity contribution in [1.29, 1.82) is 0 Å². The standard InChI is InChI=1S/C29H37F2N3OS/c30-26(31)27-33-23-12-7-14-29(25(23)36-27)18-32-17-22(29)28(35)34-15-13-21(19-8-3-1-4-9-19)16-24(34)20-10-5-2-6-11-20/h1,3-4,8-9,20-22,24,26,32H,2,5-7,10-18H2/t21-,22+,24+,29-/m1/s1. The van der Waals surface area contributed by atoms with E-state index in [0.717, 1.165) is 60.6 Å². The zero-order valence-electron chi connectivity index (χ0n) is 20.9. The number of amides is 1. The van der Waals surface area contributed by atoms with Crippen molar-refractivity contribution in [3.63, 3.8) is 0 Å². The normalized spacial score (nSPS) is 31.2. The Bertz CT molecular complexity index is 1070. The molecule has 1 aromatic carbocycles. The lowest BCUT2D eigenvalue weighted by Crippen LogP contribution is -2.55. The van der Waals surface area contributed by atoms with Crippen molar-refractivity contribution in [2.75, 3.05) is 19.6 Å². The molecule has 3 fully saturated rings. The minimum Gasteiger partial charge on any atom is -0.339 e. The number of nitrogens with zero attached hydrogens (tertiary/aromatic N) is 2. The minimum absolute atomic E-state index is 0.0804. The lowest BCUT2D eigenvalue weighted by Gasteiger charge is -2.47. The second-order valence-electron chi connectivity index (χ2n) is 11.5. The largest absolute Gasteiger partial charge is 0.339 e. The highest BCUT2D eigenvalue weighted by molar-refractivity contribution is 7.12. The van der Waals surface area contributed by atoms with Crippen molar-refractivity contribution < 1.29 is 13.6 Å². The molecule has 2 aromatic rings. The van der Waals surface area contributed by atoms with Crippen LogP contribution in [0.5, 0.6) is 0 Å². The number of hydrogen-bond acceptors (Lipinski definition) is 4. The highest BCUT2D eigenvalue weighted by Gasteiger charge is 2.54. The van der Waals surface area contributed by atoms with E-state index in [1.54, 1.807) is 0 Å². The Morgan fingerprint density at radius 1 is 1.11 bits per heavy atom. The topological polar surface area (TPSA) is 45.2 Å². The Morgan fingerprint density at radius 2 is 1.92 bits per heavy atom. The number of benzene rings is 1. The van der Waals surface area contributed by atoms with Gasteiger partial charge in [0.05, 0.1) is 11.6 Å². The molecular weight excluding hydrogens is 476 g/mol. The number of alkyl halides is 2. The number of aromatic nitrogens is 1. The van der Waals surface area contributed by atoms with Gasteiger partial charge < -0.3 is 10.2 Å². The molecule has 3 heterocycles. The van der Waals surface area contributed by atoms with Crippen LogP contribution in [0.2, 0.25) is 0 Å². The van der Waals surface area contributed by atoms with Crippen LogP contribution in [0, 0.1) is 11.8 Å². The summed E-state index contributed by atoms with van der Waals surface area (Å²) in [5.74, 6) is 1.12. The van der Waals surface area contributed by atoms with Crippen molar-refractivity contribution in [2.45, 2.75) is 88.0 Å². The van der Waals surface area contributed by atoms with Crippen molar-refractivity contribution >= 4 is 17.2 Å². The summed E-state index contributed by atoms with van der Waals surface area (Å²) in [6, 6.07) is 11.1. The van der Waals surface area contributed by atoms with Gasteiger partial charge in [0.1, 0.15) is 0 Å². The zero-order valence-corrected chi connectivity index (χ0v) is 21.7. The molecular formula is C29H37F2N3OS. The maximum atomic E-state index is 14.4. The van der Waals surface area contributed by atoms with Crippen LogP contribution in [0.4, 0.5) is 8.78 Å². The quantitative estimate of drug-likeness (QED) is 0.527. The lowest BCUT2D eigenvalue weighted by atomic mass is 9.68. The maximum absolute atomic E-state index is 14.4. The summed E-state index contributed by atoms with van der Waals surface area (Å²) >= 11 is 1.16. The summed E-state index contributed by atoms with van der Waals surface area (Å²) in [7, 11) is 0. The van der Waals surface area contributed by atoms with Crippen LogP contribution in [-0.2, 0) is 16.6 Å². The summed E-state index contributed by atoms with van der Waals surface area (Å²) in [5, 5.41) is 3.42. The molecule has 0 bridgehead atoms. The fourth-order valence-electron chi connectivity index (χ4n) is 7.75. The molecule has 2 aliphatic heterocycles. The number of likely N-dealkylation sites (tertiary alicyclic amines) is 1. The van der Waals surface area contributed by atoms with Crippen LogP contribution in [0.1, 0.15) is 91.3 Å². The number of nitrogens with one attached hydrogen (secondary N) is 1. The number of hydrogen-bond donors (Lipinski definition) is 1. The molecule has 1 N–H and O–H groups in total. The Kier molecular flexibility index (Phi) is 6.89. The molecule has 7 heteroatoms. The van der Waals surface area contributed by atoms with Crippen molar-refractivity contribution in [1.82, 2.24) is 15.2 Å². The number of thiazole rings is 1. The molecule has 0 unspecified atom stereocenters. The fraction of sp³-hybridized carbons (Fsp3) is 0.655. The number of carbonyl (C=O) groups excluding carboxylic acids is 1. The van der Waals surface area contributed by atoms with Gasteiger partial charge in [-0.1, -0.05) is 49.6 Å². The molecule has 1 saturated carbocycles. The van der Waals surface area contributed by atoms with Crippen molar-refractivity contribution in [3.8, 4) is 0 Å². The summed E-state index contributed by atoms with van der Waals surface area (Å²) in [6.07, 6.45) is 8.25. The first-order chi connectivity index (χ1) is 17.6. The van der Waals surface area contributed by atoms with Gasteiger partial charge in [0.2, 0.25) is 5.91 Å². The van der Waals surface area contributed by atoms with E-state index >= 15 is 0 Å². The van der Waals surface area contributed by atoms with Gasteiger partial charge in [-0.25, -0.2) is 13.8 Å². The molecule has 2 saturated heterocycles. The second kappa shape index (κ2) is 10.1. The number of aryl methyl sites for hydroxylation is 1. The molecule has 6 rings (SSSR count). The lowest BCUT2D eigenvalue weighted by molar-refractivity contribution is -0.143. The number of fused-ring (bicyclic) bond motifs is 2. The van der Waals surface area contributed by atoms with Gasteiger partial charge in [-0.05, 0) is 62.3 Å². The fourth-order valence-corrected chi connectivity index (χ4v) is 8.99. The molecule has 0 radical (unpaired) electrons. The van der Waals surface area contributed by atoms with Crippen LogP contribution in [0.15, 0.2) is 30.3 Å². The first kappa shape index (κ1) is 24.5. The van der Waals surface area contributed by atoms with Gasteiger partial charge in [0.25, 0.3) is 6.43 Å². The second-order valence-corrected chi connectivity index (χ2v) is 12.5. The van der Waals surface area contributed by atoms with E-state index in [9.17, 15) is 13.6 Å². The van der Waals surface area contributed by atoms with Gasteiger partial charge in [-0.2, -0.15) is 0 Å². The molecule has 1 amide bonds. The van der Waals surface area contributed by atoms with E-state index in [4.69, 9.17) is 0 Å².